The highest BCUT2D eigenvalue weighted by Gasteiger charge is 2.16. The molecule has 1 atom stereocenters. The summed E-state index contributed by atoms with van der Waals surface area (Å²) in [6.45, 7) is 2.32. The van der Waals surface area contributed by atoms with Gasteiger partial charge in [0.2, 0.25) is 5.91 Å². The van der Waals surface area contributed by atoms with Crippen molar-refractivity contribution in [1.29, 1.82) is 0 Å². The van der Waals surface area contributed by atoms with Gasteiger partial charge < -0.3 is 9.88 Å². The Hall–Kier alpha value is -3.73. The lowest BCUT2D eigenvalue weighted by Gasteiger charge is -2.15. The van der Waals surface area contributed by atoms with E-state index >= 15 is 0 Å². The zero-order chi connectivity index (χ0) is 20.2. The van der Waals surface area contributed by atoms with Crippen LogP contribution in [0.5, 0.6) is 0 Å². The lowest BCUT2D eigenvalue weighted by Crippen LogP contribution is -2.22. The van der Waals surface area contributed by atoms with Crippen molar-refractivity contribution in [2.24, 2.45) is 0 Å². The SMILES string of the molecule is CC(C(=O)Nc1cccc2c(=O)n(Cc3cccnc3)ccc12)c1ccccc1. The van der Waals surface area contributed by atoms with Crippen LogP contribution < -0.4 is 10.9 Å². The molecule has 4 aromatic rings. The number of aromatic nitrogens is 2. The van der Waals surface area contributed by atoms with E-state index in [1.54, 1.807) is 35.3 Å². The van der Waals surface area contributed by atoms with Gasteiger partial charge in [0.25, 0.3) is 5.56 Å². The Morgan fingerprint density at radius 1 is 1.00 bits per heavy atom. The molecule has 2 aromatic carbocycles. The number of carbonyl (C=O) groups is 1. The molecule has 29 heavy (non-hydrogen) atoms. The van der Waals surface area contributed by atoms with Crippen molar-refractivity contribution in [2.45, 2.75) is 19.4 Å². The van der Waals surface area contributed by atoms with E-state index in [1.165, 1.54) is 0 Å². The molecule has 0 bridgehead atoms. The molecule has 0 radical (unpaired) electrons. The zero-order valence-electron chi connectivity index (χ0n) is 16.1. The second-order valence-corrected chi connectivity index (χ2v) is 7.00. The number of rotatable bonds is 5. The van der Waals surface area contributed by atoms with Gasteiger partial charge in [-0.1, -0.05) is 42.5 Å². The molecule has 0 saturated heterocycles. The summed E-state index contributed by atoms with van der Waals surface area (Å²) in [5.41, 5.74) is 2.44. The lowest BCUT2D eigenvalue weighted by atomic mass is 10.00. The topological polar surface area (TPSA) is 64.0 Å². The number of hydrogen-bond donors (Lipinski definition) is 1. The molecule has 144 valence electrons. The molecule has 0 saturated carbocycles. The van der Waals surface area contributed by atoms with E-state index in [-0.39, 0.29) is 17.4 Å². The number of benzene rings is 2. The van der Waals surface area contributed by atoms with Crippen molar-refractivity contribution < 1.29 is 4.79 Å². The Labute approximate surface area is 168 Å². The molecule has 1 unspecified atom stereocenters. The first-order chi connectivity index (χ1) is 14.1. The van der Waals surface area contributed by atoms with Crippen LogP contribution in [0.25, 0.3) is 10.8 Å². The van der Waals surface area contributed by atoms with Crippen LogP contribution in [-0.4, -0.2) is 15.5 Å². The molecule has 0 spiro atoms. The maximum absolute atomic E-state index is 13.0. The van der Waals surface area contributed by atoms with Crippen LogP contribution in [0, 0.1) is 0 Å². The summed E-state index contributed by atoms with van der Waals surface area (Å²) in [6, 6.07) is 20.7. The highest BCUT2D eigenvalue weighted by Crippen LogP contribution is 2.23. The standard InChI is InChI=1S/C24H21N3O2/c1-17(19-8-3-2-4-9-19)23(28)26-22-11-5-10-21-20(22)12-14-27(24(21)29)16-18-7-6-13-25-15-18/h2-15,17H,16H2,1H3,(H,26,28). The molecular weight excluding hydrogens is 362 g/mol. The third-order valence-corrected chi connectivity index (χ3v) is 5.04. The fourth-order valence-corrected chi connectivity index (χ4v) is 3.37. The Bertz CT molecular complexity index is 1200. The van der Waals surface area contributed by atoms with Gasteiger partial charge in [-0.3, -0.25) is 14.6 Å². The summed E-state index contributed by atoms with van der Waals surface area (Å²) in [6.07, 6.45) is 5.21. The van der Waals surface area contributed by atoms with Crippen LogP contribution in [0.15, 0.2) is 90.1 Å². The van der Waals surface area contributed by atoms with E-state index < -0.39 is 0 Å². The number of carbonyl (C=O) groups excluding carboxylic acids is 1. The van der Waals surface area contributed by atoms with E-state index in [0.29, 0.717) is 17.6 Å². The average Bonchev–Trinajstić information content (AvgIpc) is 2.77. The number of anilines is 1. The van der Waals surface area contributed by atoms with Crippen LogP contribution in [0.4, 0.5) is 5.69 Å². The molecule has 2 heterocycles. The van der Waals surface area contributed by atoms with Crippen molar-refractivity contribution in [2.75, 3.05) is 5.32 Å². The smallest absolute Gasteiger partial charge is 0.258 e. The highest BCUT2D eigenvalue weighted by atomic mass is 16.2. The number of hydrogen-bond acceptors (Lipinski definition) is 3. The third-order valence-electron chi connectivity index (χ3n) is 5.04. The molecule has 2 aromatic heterocycles. The normalized spacial score (nSPS) is 11.9. The summed E-state index contributed by atoms with van der Waals surface area (Å²) in [5, 5.41) is 4.28. The monoisotopic (exact) mass is 383 g/mol. The average molecular weight is 383 g/mol. The fraction of sp³-hybridized carbons (Fsp3) is 0.125. The fourth-order valence-electron chi connectivity index (χ4n) is 3.37. The maximum atomic E-state index is 13.0. The van der Waals surface area contributed by atoms with Gasteiger partial charge in [-0.25, -0.2) is 0 Å². The number of pyridine rings is 2. The van der Waals surface area contributed by atoms with Gasteiger partial charge in [-0.2, -0.15) is 0 Å². The Balaban J connectivity index is 1.63. The Kier molecular flexibility index (Phi) is 5.20. The molecule has 1 amide bonds. The van der Waals surface area contributed by atoms with Gasteiger partial charge in [-0.15, -0.1) is 0 Å². The number of fused-ring (bicyclic) bond motifs is 1. The van der Waals surface area contributed by atoms with Crippen LogP contribution in [0.2, 0.25) is 0 Å². The second-order valence-electron chi connectivity index (χ2n) is 7.00. The Morgan fingerprint density at radius 3 is 2.59 bits per heavy atom. The van der Waals surface area contributed by atoms with Crippen molar-refractivity contribution in [3.63, 3.8) is 0 Å². The van der Waals surface area contributed by atoms with Crippen LogP contribution >= 0.6 is 0 Å². The summed E-state index contributed by atoms with van der Waals surface area (Å²) in [5.74, 6) is -0.402. The number of nitrogens with one attached hydrogen (secondary N) is 1. The van der Waals surface area contributed by atoms with Crippen molar-refractivity contribution >= 4 is 22.4 Å². The van der Waals surface area contributed by atoms with Gasteiger partial charge in [0.15, 0.2) is 0 Å². The van der Waals surface area contributed by atoms with Crippen molar-refractivity contribution in [1.82, 2.24) is 9.55 Å². The first-order valence-electron chi connectivity index (χ1n) is 9.50. The summed E-state index contributed by atoms with van der Waals surface area (Å²) in [4.78, 5) is 29.8. The molecule has 1 N–H and O–H groups in total. The minimum atomic E-state index is -0.294. The quantitative estimate of drug-likeness (QED) is 0.562. The minimum absolute atomic E-state index is 0.0986. The van der Waals surface area contributed by atoms with Crippen molar-refractivity contribution in [3.05, 3.63) is 107 Å². The highest BCUT2D eigenvalue weighted by molar-refractivity contribution is 6.03. The van der Waals surface area contributed by atoms with Gasteiger partial charge in [0.05, 0.1) is 12.5 Å². The first kappa shape index (κ1) is 18.6. The van der Waals surface area contributed by atoms with E-state index in [0.717, 1.165) is 16.5 Å². The Morgan fingerprint density at radius 2 is 1.83 bits per heavy atom. The van der Waals surface area contributed by atoms with Gasteiger partial charge in [0, 0.05) is 35.1 Å². The molecule has 4 rings (SSSR count). The van der Waals surface area contributed by atoms with Crippen LogP contribution in [-0.2, 0) is 11.3 Å². The zero-order valence-corrected chi connectivity index (χ0v) is 16.1. The van der Waals surface area contributed by atoms with Crippen LogP contribution in [0.1, 0.15) is 24.0 Å². The van der Waals surface area contributed by atoms with Crippen molar-refractivity contribution in [3.8, 4) is 0 Å². The second kappa shape index (κ2) is 8.10. The maximum Gasteiger partial charge on any atom is 0.258 e. The molecular formula is C24H21N3O2. The van der Waals surface area contributed by atoms with E-state index in [9.17, 15) is 9.59 Å². The van der Waals surface area contributed by atoms with Gasteiger partial charge in [-0.05, 0) is 42.3 Å². The summed E-state index contributed by atoms with van der Waals surface area (Å²) in [7, 11) is 0. The third kappa shape index (κ3) is 3.94. The molecule has 5 heteroatoms. The summed E-state index contributed by atoms with van der Waals surface area (Å²) < 4.78 is 1.65. The first-order valence-corrected chi connectivity index (χ1v) is 9.50. The predicted octanol–water partition coefficient (Wildman–Crippen LogP) is 4.19. The minimum Gasteiger partial charge on any atom is -0.325 e. The van der Waals surface area contributed by atoms with Gasteiger partial charge >= 0.3 is 0 Å². The van der Waals surface area contributed by atoms with E-state index in [4.69, 9.17) is 0 Å². The molecule has 0 fully saturated rings. The van der Waals surface area contributed by atoms with Gasteiger partial charge in [0.1, 0.15) is 0 Å². The predicted molar refractivity (Wildman–Crippen MR) is 115 cm³/mol. The van der Waals surface area contributed by atoms with E-state index in [2.05, 4.69) is 10.3 Å². The number of amides is 1. The molecule has 0 aliphatic rings. The van der Waals surface area contributed by atoms with E-state index in [1.807, 2.05) is 61.5 Å². The molecule has 5 nitrogen and oxygen atoms in total. The summed E-state index contributed by atoms with van der Waals surface area (Å²) >= 11 is 0. The molecule has 0 aliphatic heterocycles. The largest absolute Gasteiger partial charge is 0.325 e. The van der Waals surface area contributed by atoms with Crippen LogP contribution in [0.3, 0.4) is 0 Å². The number of nitrogens with zero attached hydrogens (tertiary/aromatic N) is 2. The lowest BCUT2D eigenvalue weighted by molar-refractivity contribution is -0.117. The molecule has 0 aliphatic carbocycles.